The van der Waals surface area contributed by atoms with E-state index in [0.717, 1.165) is 148 Å². The summed E-state index contributed by atoms with van der Waals surface area (Å²) < 4.78 is 68.3. The van der Waals surface area contributed by atoms with Gasteiger partial charge in [0.15, 0.2) is 12.2 Å². The van der Waals surface area contributed by atoms with Gasteiger partial charge in [-0.1, -0.05) is 256 Å². The Kier molecular flexibility index (Phi) is 64.5. The maximum atomic E-state index is 13.0. The lowest BCUT2D eigenvalue weighted by Crippen LogP contribution is -2.30. The van der Waals surface area contributed by atoms with Gasteiger partial charge in [0.1, 0.15) is 19.3 Å². The molecule has 17 nitrogen and oxygen atoms in total. The van der Waals surface area contributed by atoms with Crippen LogP contribution in [0, 0.1) is 0 Å². The summed E-state index contributed by atoms with van der Waals surface area (Å²) in [6, 6.07) is 0. The number of rotatable bonds is 70. The molecule has 5 unspecified atom stereocenters. The molecule has 0 radical (unpaired) electrons. The Morgan fingerprint density at radius 2 is 0.543 bits per heavy atom. The fourth-order valence-corrected chi connectivity index (χ4v) is 11.6. The molecule has 0 fully saturated rings. The molecule has 0 rings (SSSR count). The highest BCUT2D eigenvalue weighted by molar-refractivity contribution is 7.47. The summed E-state index contributed by atoms with van der Waals surface area (Å²) in [5.74, 6) is -2.18. The Morgan fingerprint density at radius 1 is 0.304 bits per heavy atom. The summed E-state index contributed by atoms with van der Waals surface area (Å²) in [6.07, 6.45) is 61.1. The van der Waals surface area contributed by atoms with E-state index in [1.165, 1.54) is 109 Å². The van der Waals surface area contributed by atoms with E-state index in [1.807, 2.05) is 0 Å². The second-order valence-electron chi connectivity index (χ2n) is 24.9. The van der Waals surface area contributed by atoms with Gasteiger partial charge in [-0.2, -0.15) is 0 Å². The lowest BCUT2D eigenvalue weighted by atomic mass is 10.0. The van der Waals surface area contributed by atoms with Crippen LogP contribution in [0.15, 0.2) is 48.6 Å². The van der Waals surface area contributed by atoms with Gasteiger partial charge >= 0.3 is 39.5 Å². The molecule has 0 aromatic carbocycles. The quantitative estimate of drug-likeness (QED) is 0.0169. The highest BCUT2D eigenvalue weighted by Gasteiger charge is 2.30. The minimum atomic E-state index is -4.96. The van der Waals surface area contributed by atoms with Gasteiger partial charge in [-0.05, 0) is 103 Å². The maximum absolute atomic E-state index is 13.0. The first-order valence-electron chi connectivity index (χ1n) is 36.9. The summed E-state index contributed by atoms with van der Waals surface area (Å²) in [4.78, 5) is 72.6. The second kappa shape index (κ2) is 66.6. The van der Waals surface area contributed by atoms with Crippen molar-refractivity contribution < 1.29 is 80.2 Å². The maximum Gasteiger partial charge on any atom is 0.472 e. The lowest BCUT2D eigenvalue weighted by molar-refractivity contribution is -0.161. The van der Waals surface area contributed by atoms with Crippen LogP contribution in [-0.4, -0.2) is 96.7 Å². The molecule has 0 spiro atoms. The zero-order valence-corrected chi connectivity index (χ0v) is 60.3. The van der Waals surface area contributed by atoms with Crippen LogP contribution in [0.5, 0.6) is 0 Å². The van der Waals surface area contributed by atoms with E-state index >= 15 is 0 Å². The molecule has 0 aromatic rings. The van der Waals surface area contributed by atoms with Crippen LogP contribution < -0.4 is 0 Å². The van der Waals surface area contributed by atoms with E-state index in [4.69, 9.17) is 37.0 Å². The van der Waals surface area contributed by atoms with Gasteiger partial charge in [-0.25, -0.2) is 9.13 Å². The van der Waals surface area contributed by atoms with Crippen molar-refractivity contribution in [2.24, 2.45) is 0 Å². The van der Waals surface area contributed by atoms with Crippen LogP contribution in [0.4, 0.5) is 0 Å². The summed E-state index contributed by atoms with van der Waals surface area (Å²) in [7, 11) is -9.93. The molecular weight excluding hydrogens is 1210 g/mol. The lowest BCUT2D eigenvalue weighted by Gasteiger charge is -2.21. The molecule has 0 amide bonds. The van der Waals surface area contributed by atoms with Crippen LogP contribution in [0.3, 0.4) is 0 Å². The van der Waals surface area contributed by atoms with E-state index < -0.39 is 97.5 Å². The highest BCUT2D eigenvalue weighted by atomic mass is 31.2. The SMILES string of the molecule is CCCC/C=C\CCCCCCCC(=O)OC(COC(=O)CCCCCCC/C=C\CCCCCC)COP(=O)(O)OCC(O)COP(=O)(O)OCC(COC(=O)CCCCCCC/C=C\C/C=C\CCCCC)OC(=O)CCCCCCCCCCCCCCC. The van der Waals surface area contributed by atoms with Crippen LogP contribution in [0.1, 0.15) is 336 Å². The number of carbonyl (C=O) groups is 4. The third-order valence-electron chi connectivity index (χ3n) is 15.8. The van der Waals surface area contributed by atoms with Gasteiger partial charge in [0.2, 0.25) is 0 Å². The minimum absolute atomic E-state index is 0.0873. The van der Waals surface area contributed by atoms with Crippen molar-refractivity contribution in [3.63, 3.8) is 0 Å². The first kappa shape index (κ1) is 89.0. The topological polar surface area (TPSA) is 237 Å². The summed E-state index contributed by atoms with van der Waals surface area (Å²) in [5, 5.41) is 10.6. The number of aliphatic hydroxyl groups is 1. The molecule has 0 aliphatic carbocycles. The third kappa shape index (κ3) is 65.7. The van der Waals surface area contributed by atoms with Gasteiger partial charge in [0.25, 0.3) is 0 Å². The van der Waals surface area contributed by atoms with E-state index in [9.17, 15) is 43.2 Å². The van der Waals surface area contributed by atoms with Crippen molar-refractivity contribution in [3.8, 4) is 0 Å². The fraction of sp³-hybridized carbons (Fsp3) is 0.836. The van der Waals surface area contributed by atoms with E-state index in [-0.39, 0.29) is 25.7 Å². The van der Waals surface area contributed by atoms with Gasteiger partial charge in [0.05, 0.1) is 26.4 Å². The molecule has 0 heterocycles. The number of aliphatic hydroxyl groups excluding tert-OH is 1. The largest absolute Gasteiger partial charge is 0.472 e. The molecule has 0 saturated heterocycles. The van der Waals surface area contributed by atoms with E-state index in [0.29, 0.717) is 25.7 Å². The molecule has 92 heavy (non-hydrogen) atoms. The molecule has 538 valence electrons. The minimum Gasteiger partial charge on any atom is -0.462 e. The van der Waals surface area contributed by atoms with Gasteiger partial charge < -0.3 is 33.8 Å². The summed E-state index contributed by atoms with van der Waals surface area (Å²) in [5.41, 5.74) is 0. The number of carbonyl (C=O) groups excluding carboxylic acids is 4. The van der Waals surface area contributed by atoms with Crippen molar-refractivity contribution >= 4 is 39.5 Å². The number of esters is 4. The molecule has 19 heteroatoms. The predicted molar refractivity (Wildman–Crippen MR) is 372 cm³/mol. The van der Waals surface area contributed by atoms with Crippen molar-refractivity contribution in [1.82, 2.24) is 0 Å². The van der Waals surface area contributed by atoms with Crippen molar-refractivity contribution in [2.75, 3.05) is 39.6 Å². The summed E-state index contributed by atoms with van der Waals surface area (Å²) >= 11 is 0. The smallest absolute Gasteiger partial charge is 0.462 e. The molecule has 0 aliphatic heterocycles. The number of phosphoric acid groups is 2. The highest BCUT2D eigenvalue weighted by Crippen LogP contribution is 2.45. The Balaban J connectivity index is 5.30. The van der Waals surface area contributed by atoms with Crippen molar-refractivity contribution in [3.05, 3.63) is 48.6 Å². The number of phosphoric ester groups is 2. The molecule has 0 aromatic heterocycles. The van der Waals surface area contributed by atoms with Crippen molar-refractivity contribution in [1.29, 1.82) is 0 Å². The Morgan fingerprint density at radius 3 is 0.880 bits per heavy atom. The number of unbranched alkanes of at least 4 members (excludes halogenated alkanes) is 36. The Bertz CT molecular complexity index is 1940. The Hall–Kier alpha value is -2.98. The number of hydrogen-bond donors (Lipinski definition) is 3. The van der Waals surface area contributed by atoms with Gasteiger partial charge in [0, 0.05) is 25.7 Å². The first-order chi connectivity index (χ1) is 44.7. The van der Waals surface area contributed by atoms with Gasteiger partial charge in [-0.15, -0.1) is 0 Å². The number of hydrogen-bond acceptors (Lipinski definition) is 15. The predicted octanol–water partition coefficient (Wildman–Crippen LogP) is 20.6. The average Bonchev–Trinajstić information content (AvgIpc) is 3.58. The van der Waals surface area contributed by atoms with Crippen LogP contribution in [0.2, 0.25) is 0 Å². The number of ether oxygens (including phenoxy) is 4. The van der Waals surface area contributed by atoms with Crippen molar-refractivity contribution in [2.45, 2.75) is 354 Å². The van der Waals surface area contributed by atoms with Crippen LogP contribution in [0.25, 0.3) is 0 Å². The van der Waals surface area contributed by atoms with E-state index in [1.54, 1.807) is 0 Å². The fourth-order valence-electron chi connectivity index (χ4n) is 10.0. The molecule has 3 N–H and O–H groups in total. The zero-order chi connectivity index (χ0) is 67.5. The summed E-state index contributed by atoms with van der Waals surface area (Å²) in [6.45, 7) is 4.80. The molecule has 5 atom stereocenters. The second-order valence-corrected chi connectivity index (χ2v) is 27.8. The first-order valence-corrected chi connectivity index (χ1v) is 39.9. The number of allylic oxidation sites excluding steroid dienone is 8. The normalized spacial score (nSPS) is 14.3. The standard InChI is InChI=1S/C73H134O17P2/c1-5-9-13-17-21-25-29-32-33-36-39-42-46-50-54-58-71(76)84-64-69(90-73(78)60-56-52-48-44-40-35-31-27-23-19-15-11-7-3)66-88-92(81,82)86-62-67(74)61-85-91(79,80)87-65-68(89-72(77)59-55-51-47-43-37-28-24-20-16-12-8-4)63-83-70(75)57-53-49-45-41-38-34-30-26-22-18-14-10-6-2/h20-21,24-26,30,32-33,67-69,74H,5-19,22-23,27-29,31,34-66H2,1-4H3,(H,79,80)(H,81,82)/b24-20-,25-21-,30-26-,33-32-. The monoisotopic (exact) mass is 1340 g/mol. The Labute approximate surface area is 559 Å². The molecular formula is C73H134O17P2. The zero-order valence-electron chi connectivity index (χ0n) is 58.5. The van der Waals surface area contributed by atoms with Crippen LogP contribution in [-0.2, 0) is 65.4 Å². The molecule has 0 saturated carbocycles. The third-order valence-corrected chi connectivity index (χ3v) is 17.7. The van der Waals surface area contributed by atoms with Gasteiger partial charge in [-0.3, -0.25) is 37.3 Å². The van der Waals surface area contributed by atoms with Crippen LogP contribution >= 0.6 is 15.6 Å². The van der Waals surface area contributed by atoms with E-state index in [2.05, 4.69) is 76.3 Å². The molecule has 0 bridgehead atoms. The average molecular weight is 1350 g/mol. The molecule has 0 aliphatic rings.